The number of benzene rings is 1. The van der Waals surface area contributed by atoms with Gasteiger partial charge in [-0.05, 0) is 42.2 Å². The van der Waals surface area contributed by atoms with Gasteiger partial charge in [-0.2, -0.15) is 5.10 Å². The smallest absolute Gasteiger partial charge is 0.198 e. The molecule has 1 aromatic carbocycles. The van der Waals surface area contributed by atoms with Crippen LogP contribution in [0.15, 0.2) is 47.2 Å². The Kier molecular flexibility index (Phi) is 3.37. The van der Waals surface area contributed by atoms with Crippen molar-refractivity contribution in [3.8, 4) is 0 Å². The summed E-state index contributed by atoms with van der Waals surface area (Å²) < 4.78 is 5.12. The molecule has 0 spiro atoms. The lowest BCUT2D eigenvalue weighted by Gasteiger charge is -2.11. The molecule has 0 saturated carbocycles. The Morgan fingerprint density at radius 2 is 2.30 bits per heavy atom. The topological polar surface area (TPSA) is 58.9 Å². The summed E-state index contributed by atoms with van der Waals surface area (Å²) in [4.78, 5) is 11.9. The molecule has 0 radical (unpaired) electrons. The molecule has 102 valence electrons. The molecule has 4 heteroatoms. The van der Waals surface area contributed by atoms with Crippen molar-refractivity contribution in [3.05, 3.63) is 54.1 Å². The van der Waals surface area contributed by atoms with Crippen LogP contribution in [0.5, 0.6) is 0 Å². The highest BCUT2D eigenvalue weighted by molar-refractivity contribution is 5.93. The van der Waals surface area contributed by atoms with E-state index in [1.165, 1.54) is 11.8 Å². The van der Waals surface area contributed by atoms with Crippen LogP contribution in [0.3, 0.4) is 0 Å². The van der Waals surface area contributed by atoms with Gasteiger partial charge in [0.2, 0.25) is 0 Å². The van der Waals surface area contributed by atoms with Crippen LogP contribution >= 0.6 is 0 Å². The number of rotatable bonds is 5. The Labute approximate surface area is 116 Å². The van der Waals surface area contributed by atoms with E-state index in [1.807, 2.05) is 12.3 Å². The third-order valence-corrected chi connectivity index (χ3v) is 3.63. The summed E-state index contributed by atoms with van der Waals surface area (Å²) in [5, 5.41) is 8.06. The van der Waals surface area contributed by atoms with Crippen molar-refractivity contribution < 1.29 is 9.21 Å². The maximum Gasteiger partial charge on any atom is 0.198 e. The van der Waals surface area contributed by atoms with Crippen LogP contribution in [0, 0.1) is 0 Å². The number of nitrogens with one attached hydrogen (secondary N) is 1. The molecule has 1 N–H and O–H groups in total. The zero-order valence-electron chi connectivity index (χ0n) is 11.3. The molecule has 0 fully saturated rings. The second kappa shape index (κ2) is 5.33. The zero-order valence-corrected chi connectivity index (χ0v) is 11.3. The highest BCUT2D eigenvalue weighted by Crippen LogP contribution is 2.24. The fraction of sp³-hybridized carbons (Fsp3) is 0.250. The molecule has 0 aliphatic rings. The van der Waals surface area contributed by atoms with Crippen molar-refractivity contribution in [1.82, 2.24) is 10.2 Å². The number of ketones is 1. The maximum atomic E-state index is 11.9. The van der Waals surface area contributed by atoms with Crippen molar-refractivity contribution in [1.29, 1.82) is 0 Å². The summed E-state index contributed by atoms with van der Waals surface area (Å²) in [6.07, 6.45) is 4.66. The van der Waals surface area contributed by atoms with Gasteiger partial charge in [0.1, 0.15) is 0 Å². The third-order valence-electron chi connectivity index (χ3n) is 3.63. The van der Waals surface area contributed by atoms with Crippen LogP contribution in [-0.4, -0.2) is 16.0 Å². The molecule has 1 atom stereocenters. The second-order valence-corrected chi connectivity index (χ2v) is 5.06. The SMILES string of the molecule is CC(CCC(=O)c1ccco1)c1ccc2[nH]ncc2c1. The molecule has 3 aromatic rings. The average Bonchev–Trinajstić information content (AvgIpc) is 3.13. The first-order valence-corrected chi connectivity index (χ1v) is 6.74. The van der Waals surface area contributed by atoms with E-state index in [1.54, 1.807) is 12.1 Å². The minimum atomic E-state index is 0.0613. The largest absolute Gasteiger partial charge is 0.461 e. The number of nitrogens with zero attached hydrogens (tertiary/aromatic N) is 1. The lowest BCUT2D eigenvalue weighted by Crippen LogP contribution is -2.01. The van der Waals surface area contributed by atoms with Gasteiger partial charge in [-0.3, -0.25) is 9.89 Å². The molecule has 2 aromatic heterocycles. The first-order valence-electron chi connectivity index (χ1n) is 6.74. The van der Waals surface area contributed by atoms with E-state index in [0.717, 1.165) is 17.3 Å². The van der Waals surface area contributed by atoms with E-state index in [0.29, 0.717) is 18.1 Å². The molecule has 0 aliphatic carbocycles. The van der Waals surface area contributed by atoms with Crippen LogP contribution in [0.4, 0.5) is 0 Å². The van der Waals surface area contributed by atoms with Gasteiger partial charge in [0, 0.05) is 11.8 Å². The summed E-state index contributed by atoms with van der Waals surface area (Å²) in [6, 6.07) is 9.69. The fourth-order valence-electron chi connectivity index (χ4n) is 2.34. The van der Waals surface area contributed by atoms with Crippen molar-refractivity contribution in [2.45, 2.75) is 25.7 Å². The van der Waals surface area contributed by atoms with E-state index in [2.05, 4.69) is 29.3 Å². The third kappa shape index (κ3) is 2.50. The van der Waals surface area contributed by atoms with E-state index in [4.69, 9.17) is 4.42 Å². The van der Waals surface area contributed by atoms with E-state index < -0.39 is 0 Å². The molecule has 4 nitrogen and oxygen atoms in total. The van der Waals surface area contributed by atoms with Crippen molar-refractivity contribution in [2.75, 3.05) is 0 Å². The van der Waals surface area contributed by atoms with Crippen LogP contribution < -0.4 is 0 Å². The highest BCUT2D eigenvalue weighted by atomic mass is 16.3. The zero-order chi connectivity index (χ0) is 13.9. The standard InChI is InChI=1S/C16H16N2O2/c1-11(4-7-15(19)16-3-2-8-20-16)12-5-6-14-13(9-12)10-17-18-14/h2-3,5-6,8-11H,4,7H2,1H3,(H,17,18). The van der Waals surface area contributed by atoms with Crippen LogP contribution in [0.1, 0.15) is 41.8 Å². The van der Waals surface area contributed by atoms with Crippen LogP contribution in [-0.2, 0) is 0 Å². The molecule has 20 heavy (non-hydrogen) atoms. The quantitative estimate of drug-likeness (QED) is 0.713. The Balaban J connectivity index is 1.66. The van der Waals surface area contributed by atoms with Crippen LogP contribution in [0.2, 0.25) is 0 Å². The molecule has 0 amide bonds. The average molecular weight is 268 g/mol. The Morgan fingerprint density at radius 1 is 1.40 bits per heavy atom. The number of hydrogen-bond donors (Lipinski definition) is 1. The van der Waals surface area contributed by atoms with Crippen molar-refractivity contribution >= 4 is 16.7 Å². The minimum absolute atomic E-state index is 0.0613. The summed E-state index contributed by atoms with van der Waals surface area (Å²) >= 11 is 0. The Bertz CT molecular complexity index is 713. The summed E-state index contributed by atoms with van der Waals surface area (Å²) in [5.41, 5.74) is 2.26. The Hall–Kier alpha value is -2.36. The van der Waals surface area contributed by atoms with Gasteiger partial charge >= 0.3 is 0 Å². The normalized spacial score (nSPS) is 12.7. The van der Waals surface area contributed by atoms with E-state index >= 15 is 0 Å². The number of H-pyrrole nitrogens is 1. The number of carbonyl (C=O) groups excluding carboxylic acids is 1. The highest BCUT2D eigenvalue weighted by Gasteiger charge is 2.13. The van der Waals surface area contributed by atoms with Gasteiger partial charge in [0.15, 0.2) is 11.5 Å². The number of furan rings is 1. The molecule has 0 saturated heterocycles. The van der Waals surface area contributed by atoms with Gasteiger partial charge in [-0.15, -0.1) is 0 Å². The molecule has 3 rings (SSSR count). The lowest BCUT2D eigenvalue weighted by molar-refractivity contribution is 0.0951. The number of fused-ring (bicyclic) bond motifs is 1. The van der Waals surface area contributed by atoms with Gasteiger partial charge in [-0.1, -0.05) is 13.0 Å². The molecule has 0 aliphatic heterocycles. The summed E-state index contributed by atoms with van der Waals surface area (Å²) in [7, 11) is 0. The number of carbonyl (C=O) groups is 1. The van der Waals surface area contributed by atoms with Gasteiger partial charge in [0.05, 0.1) is 18.0 Å². The van der Waals surface area contributed by atoms with E-state index in [-0.39, 0.29) is 5.78 Å². The molecule has 2 heterocycles. The first-order chi connectivity index (χ1) is 9.74. The maximum absolute atomic E-state index is 11.9. The molecule has 0 bridgehead atoms. The lowest BCUT2D eigenvalue weighted by atomic mass is 9.94. The fourth-order valence-corrected chi connectivity index (χ4v) is 2.34. The number of aromatic nitrogens is 2. The van der Waals surface area contributed by atoms with Gasteiger partial charge < -0.3 is 4.42 Å². The number of aromatic amines is 1. The summed E-state index contributed by atoms with van der Waals surface area (Å²) in [6.45, 7) is 2.14. The molecule has 1 unspecified atom stereocenters. The minimum Gasteiger partial charge on any atom is -0.461 e. The second-order valence-electron chi connectivity index (χ2n) is 5.06. The molecular weight excluding hydrogens is 252 g/mol. The molecular formula is C16H16N2O2. The van der Waals surface area contributed by atoms with Crippen molar-refractivity contribution in [3.63, 3.8) is 0 Å². The van der Waals surface area contributed by atoms with Crippen LogP contribution in [0.25, 0.3) is 10.9 Å². The predicted octanol–water partition coefficient (Wildman–Crippen LogP) is 3.92. The number of hydrogen-bond acceptors (Lipinski definition) is 3. The van der Waals surface area contributed by atoms with Gasteiger partial charge in [0.25, 0.3) is 0 Å². The summed E-state index contributed by atoms with van der Waals surface area (Å²) in [5.74, 6) is 0.835. The Morgan fingerprint density at radius 3 is 3.10 bits per heavy atom. The first kappa shape index (κ1) is 12.7. The van der Waals surface area contributed by atoms with E-state index in [9.17, 15) is 4.79 Å². The van der Waals surface area contributed by atoms with Gasteiger partial charge in [-0.25, -0.2) is 0 Å². The number of Topliss-reactive ketones (excluding diaryl/α,β-unsaturated/α-hetero) is 1. The van der Waals surface area contributed by atoms with Crippen molar-refractivity contribution in [2.24, 2.45) is 0 Å². The predicted molar refractivity (Wildman–Crippen MR) is 76.8 cm³/mol. The monoisotopic (exact) mass is 268 g/mol.